The van der Waals surface area contributed by atoms with Crippen LogP contribution in [0.4, 0.5) is 0 Å². The van der Waals surface area contributed by atoms with Crippen molar-refractivity contribution < 1.29 is 0 Å². The predicted molar refractivity (Wildman–Crippen MR) is 80.5 cm³/mol. The average Bonchev–Trinajstić information content (AvgIpc) is 2.26. The summed E-state index contributed by atoms with van der Waals surface area (Å²) in [6.07, 6.45) is 14.4. The molecule has 0 saturated heterocycles. The summed E-state index contributed by atoms with van der Waals surface area (Å²) in [6.45, 7) is 11.8. The summed E-state index contributed by atoms with van der Waals surface area (Å²) >= 11 is 0. The fourth-order valence-corrected chi connectivity index (χ4v) is 2.18. The highest BCUT2D eigenvalue weighted by Crippen LogP contribution is 2.32. The van der Waals surface area contributed by atoms with Crippen molar-refractivity contribution in [1.82, 2.24) is 0 Å². The van der Waals surface area contributed by atoms with E-state index in [-0.39, 0.29) is 0 Å². The van der Waals surface area contributed by atoms with Crippen molar-refractivity contribution in [2.45, 2.75) is 98.8 Å². The van der Waals surface area contributed by atoms with Crippen LogP contribution in [0, 0.1) is 11.3 Å². The van der Waals surface area contributed by atoms with Crippen molar-refractivity contribution in [3.8, 4) is 0 Å². The lowest BCUT2D eigenvalue weighted by molar-refractivity contribution is 0.221. The van der Waals surface area contributed by atoms with Crippen LogP contribution in [0.2, 0.25) is 0 Å². The van der Waals surface area contributed by atoms with Crippen molar-refractivity contribution in [2.75, 3.05) is 0 Å². The fraction of sp³-hybridized carbons (Fsp3) is 1.00. The Morgan fingerprint density at radius 2 is 1.12 bits per heavy atom. The normalized spacial score (nSPS) is 12.4. The van der Waals surface area contributed by atoms with E-state index in [1.165, 1.54) is 64.2 Å². The van der Waals surface area contributed by atoms with E-state index in [0.717, 1.165) is 5.92 Å². The van der Waals surface area contributed by atoms with Crippen molar-refractivity contribution in [1.29, 1.82) is 0 Å². The molecular weight excluding hydrogens is 204 g/mol. The van der Waals surface area contributed by atoms with Crippen LogP contribution in [0.15, 0.2) is 0 Å². The highest BCUT2D eigenvalue weighted by atomic mass is 14.3. The zero-order valence-corrected chi connectivity index (χ0v) is 13.1. The molecule has 0 fully saturated rings. The molecule has 0 amide bonds. The zero-order valence-electron chi connectivity index (χ0n) is 13.1. The molecule has 0 radical (unpaired) electrons. The van der Waals surface area contributed by atoms with E-state index in [1.807, 2.05) is 0 Å². The van der Waals surface area contributed by atoms with Gasteiger partial charge in [-0.05, 0) is 17.8 Å². The smallest absolute Gasteiger partial charge is 0.0331 e. The summed E-state index contributed by atoms with van der Waals surface area (Å²) in [7, 11) is 0. The molecule has 0 aromatic carbocycles. The van der Waals surface area contributed by atoms with Crippen LogP contribution >= 0.6 is 0 Å². The predicted octanol–water partition coefficient (Wildman–Crippen LogP) is 6.59. The minimum atomic E-state index is 0.543. The van der Waals surface area contributed by atoms with Gasteiger partial charge in [-0.25, -0.2) is 0 Å². The van der Waals surface area contributed by atoms with Gasteiger partial charge >= 0.3 is 0 Å². The third-order valence-electron chi connectivity index (χ3n) is 4.49. The standard InChI is InChI=1S/C17H36/c1-6-7-8-9-10-11-12-13-14-15-17(4,5)16(2)3/h16H,6-15H2,1-5H3. The SMILES string of the molecule is CCCCCCCCCCCC(C)(C)C(C)C. The fourth-order valence-electron chi connectivity index (χ4n) is 2.18. The first-order chi connectivity index (χ1) is 8.00. The topological polar surface area (TPSA) is 0 Å². The molecule has 0 aliphatic rings. The summed E-state index contributed by atoms with van der Waals surface area (Å²) < 4.78 is 0. The zero-order chi connectivity index (χ0) is 13.1. The molecule has 0 nitrogen and oxygen atoms in total. The Balaban J connectivity index is 3.24. The van der Waals surface area contributed by atoms with E-state index >= 15 is 0 Å². The second kappa shape index (κ2) is 9.97. The van der Waals surface area contributed by atoms with Crippen LogP contribution in [-0.4, -0.2) is 0 Å². The first-order valence-corrected chi connectivity index (χ1v) is 8.00. The highest BCUT2D eigenvalue weighted by molar-refractivity contribution is 4.71. The van der Waals surface area contributed by atoms with E-state index in [1.54, 1.807) is 0 Å². The van der Waals surface area contributed by atoms with Gasteiger partial charge in [0.1, 0.15) is 0 Å². The molecule has 0 aromatic rings. The number of unbranched alkanes of at least 4 members (excludes halogenated alkanes) is 8. The van der Waals surface area contributed by atoms with Crippen molar-refractivity contribution in [2.24, 2.45) is 11.3 Å². The maximum Gasteiger partial charge on any atom is -0.0331 e. The van der Waals surface area contributed by atoms with E-state index in [2.05, 4.69) is 34.6 Å². The van der Waals surface area contributed by atoms with E-state index in [0.29, 0.717) is 5.41 Å². The summed E-state index contributed by atoms with van der Waals surface area (Å²) in [5, 5.41) is 0. The lowest BCUT2D eigenvalue weighted by Gasteiger charge is -2.29. The summed E-state index contributed by atoms with van der Waals surface area (Å²) in [5.74, 6) is 0.816. The molecule has 0 heterocycles. The molecule has 0 spiro atoms. The largest absolute Gasteiger partial charge is 0.0654 e. The Hall–Kier alpha value is 0. The van der Waals surface area contributed by atoms with E-state index in [9.17, 15) is 0 Å². The van der Waals surface area contributed by atoms with Crippen LogP contribution in [0.25, 0.3) is 0 Å². The third kappa shape index (κ3) is 9.68. The van der Waals surface area contributed by atoms with Gasteiger partial charge < -0.3 is 0 Å². The minimum absolute atomic E-state index is 0.543. The molecule has 0 aromatic heterocycles. The Morgan fingerprint density at radius 1 is 0.706 bits per heavy atom. The molecule has 0 N–H and O–H groups in total. The second-order valence-corrected chi connectivity index (χ2v) is 6.72. The number of hydrogen-bond acceptors (Lipinski definition) is 0. The maximum absolute atomic E-state index is 2.42. The summed E-state index contributed by atoms with van der Waals surface area (Å²) in [5.41, 5.74) is 0.543. The molecule has 0 atom stereocenters. The van der Waals surface area contributed by atoms with Gasteiger partial charge in [0, 0.05) is 0 Å². The van der Waals surface area contributed by atoms with Crippen LogP contribution in [0.3, 0.4) is 0 Å². The van der Waals surface area contributed by atoms with Gasteiger partial charge in [-0.3, -0.25) is 0 Å². The molecule has 0 aliphatic heterocycles. The molecule has 0 rings (SSSR count). The first-order valence-electron chi connectivity index (χ1n) is 8.00. The summed E-state index contributed by atoms with van der Waals surface area (Å²) in [4.78, 5) is 0. The van der Waals surface area contributed by atoms with Gasteiger partial charge in [0.25, 0.3) is 0 Å². The minimum Gasteiger partial charge on any atom is -0.0654 e. The lowest BCUT2D eigenvalue weighted by atomic mass is 9.77. The third-order valence-corrected chi connectivity index (χ3v) is 4.49. The average molecular weight is 240 g/mol. The highest BCUT2D eigenvalue weighted by Gasteiger charge is 2.20. The Labute approximate surface area is 111 Å². The molecule has 0 unspecified atom stereocenters. The molecule has 104 valence electrons. The molecule has 0 saturated carbocycles. The first kappa shape index (κ1) is 17.0. The lowest BCUT2D eigenvalue weighted by Crippen LogP contribution is -2.18. The Morgan fingerprint density at radius 3 is 1.53 bits per heavy atom. The Bertz CT molecular complexity index is 155. The number of hydrogen-bond donors (Lipinski definition) is 0. The summed E-state index contributed by atoms with van der Waals surface area (Å²) in [6, 6.07) is 0. The van der Waals surface area contributed by atoms with Gasteiger partial charge in [0.2, 0.25) is 0 Å². The van der Waals surface area contributed by atoms with Crippen LogP contribution in [0.1, 0.15) is 98.8 Å². The molecular formula is C17H36. The van der Waals surface area contributed by atoms with Crippen molar-refractivity contribution in [3.63, 3.8) is 0 Å². The van der Waals surface area contributed by atoms with Gasteiger partial charge in [-0.15, -0.1) is 0 Å². The van der Waals surface area contributed by atoms with E-state index in [4.69, 9.17) is 0 Å². The van der Waals surface area contributed by atoms with Crippen LogP contribution in [0.5, 0.6) is 0 Å². The molecule has 0 heteroatoms. The quantitative estimate of drug-likeness (QED) is 0.357. The second-order valence-electron chi connectivity index (χ2n) is 6.72. The van der Waals surface area contributed by atoms with Crippen LogP contribution < -0.4 is 0 Å². The van der Waals surface area contributed by atoms with Crippen molar-refractivity contribution >= 4 is 0 Å². The van der Waals surface area contributed by atoms with Gasteiger partial charge in [-0.1, -0.05) is 92.4 Å². The van der Waals surface area contributed by atoms with Gasteiger partial charge in [-0.2, -0.15) is 0 Å². The molecule has 17 heavy (non-hydrogen) atoms. The van der Waals surface area contributed by atoms with Gasteiger partial charge in [0.05, 0.1) is 0 Å². The molecule has 0 aliphatic carbocycles. The maximum atomic E-state index is 2.42. The monoisotopic (exact) mass is 240 g/mol. The van der Waals surface area contributed by atoms with E-state index < -0.39 is 0 Å². The van der Waals surface area contributed by atoms with Crippen molar-refractivity contribution in [3.05, 3.63) is 0 Å². The Kier molecular flexibility index (Phi) is 9.97. The van der Waals surface area contributed by atoms with Gasteiger partial charge in [0.15, 0.2) is 0 Å². The molecule has 0 bridgehead atoms. The number of rotatable bonds is 11. The van der Waals surface area contributed by atoms with Crippen LogP contribution in [-0.2, 0) is 0 Å².